The normalized spacial score (nSPS) is 19.9. The van der Waals surface area contributed by atoms with E-state index in [0.29, 0.717) is 23.9 Å². The highest BCUT2D eigenvalue weighted by Gasteiger charge is 2.24. The summed E-state index contributed by atoms with van der Waals surface area (Å²) in [6.07, 6.45) is 10.0. The minimum Gasteiger partial charge on any atom is -0.478 e. The van der Waals surface area contributed by atoms with Gasteiger partial charge in [-0.3, -0.25) is 9.78 Å². The summed E-state index contributed by atoms with van der Waals surface area (Å²) < 4.78 is 11.1. The van der Waals surface area contributed by atoms with Gasteiger partial charge in [0.2, 0.25) is 11.8 Å². The van der Waals surface area contributed by atoms with Gasteiger partial charge in [0, 0.05) is 30.7 Å². The lowest BCUT2D eigenvalue weighted by atomic mass is 9.93. The highest BCUT2D eigenvalue weighted by atomic mass is 16.5. The summed E-state index contributed by atoms with van der Waals surface area (Å²) in [6.45, 7) is 2.45. The molecule has 7 nitrogen and oxygen atoms in total. The van der Waals surface area contributed by atoms with Crippen molar-refractivity contribution in [2.45, 2.75) is 44.8 Å². The van der Waals surface area contributed by atoms with E-state index in [2.05, 4.69) is 20.3 Å². The van der Waals surface area contributed by atoms with Crippen LogP contribution in [0.1, 0.15) is 43.0 Å². The Morgan fingerprint density at radius 1 is 1.12 bits per heavy atom. The van der Waals surface area contributed by atoms with E-state index in [1.165, 1.54) is 0 Å². The van der Waals surface area contributed by atoms with E-state index in [-0.39, 0.29) is 18.1 Å². The van der Waals surface area contributed by atoms with Gasteiger partial charge in [-0.15, -0.1) is 0 Å². The summed E-state index contributed by atoms with van der Waals surface area (Å²) in [5, 5.41) is 3.07. The largest absolute Gasteiger partial charge is 0.478 e. The number of hydrogen-bond donors (Lipinski definition) is 1. The molecule has 132 valence electrons. The third-order valence-corrected chi connectivity index (χ3v) is 4.13. The van der Waals surface area contributed by atoms with Crippen molar-refractivity contribution < 1.29 is 14.3 Å². The fourth-order valence-electron chi connectivity index (χ4n) is 2.86. The molecule has 1 saturated carbocycles. The van der Waals surface area contributed by atoms with Gasteiger partial charge >= 0.3 is 0 Å². The van der Waals surface area contributed by atoms with Crippen LogP contribution >= 0.6 is 0 Å². The van der Waals surface area contributed by atoms with Gasteiger partial charge in [0.25, 0.3) is 5.91 Å². The van der Waals surface area contributed by atoms with Crippen LogP contribution < -0.4 is 14.8 Å². The SMILES string of the molecule is CCOc1ccc(C(=O)NC2CCC(Oc3cnccn3)CC2)cn1. The summed E-state index contributed by atoms with van der Waals surface area (Å²) in [4.78, 5) is 24.6. The van der Waals surface area contributed by atoms with Gasteiger partial charge in [0.15, 0.2) is 0 Å². The molecule has 25 heavy (non-hydrogen) atoms. The maximum atomic E-state index is 12.3. The van der Waals surface area contributed by atoms with Gasteiger partial charge in [-0.25, -0.2) is 9.97 Å². The third kappa shape index (κ3) is 4.89. The molecule has 0 spiro atoms. The summed E-state index contributed by atoms with van der Waals surface area (Å²) in [6, 6.07) is 3.60. The summed E-state index contributed by atoms with van der Waals surface area (Å²) >= 11 is 0. The zero-order chi connectivity index (χ0) is 17.5. The predicted octanol–water partition coefficient (Wildman–Crippen LogP) is 2.39. The van der Waals surface area contributed by atoms with Gasteiger partial charge in [-0.2, -0.15) is 0 Å². The van der Waals surface area contributed by atoms with E-state index < -0.39 is 0 Å². The van der Waals surface area contributed by atoms with Crippen molar-refractivity contribution in [2.24, 2.45) is 0 Å². The van der Waals surface area contributed by atoms with Crippen LogP contribution in [0.2, 0.25) is 0 Å². The second-order valence-corrected chi connectivity index (χ2v) is 5.93. The zero-order valence-corrected chi connectivity index (χ0v) is 14.2. The first-order valence-electron chi connectivity index (χ1n) is 8.57. The van der Waals surface area contributed by atoms with Crippen LogP contribution in [0.3, 0.4) is 0 Å². The fourth-order valence-corrected chi connectivity index (χ4v) is 2.86. The summed E-state index contributed by atoms with van der Waals surface area (Å²) in [7, 11) is 0. The standard InChI is InChI=1S/C18H22N4O3/c1-2-24-16-8-3-13(11-21-16)18(23)22-14-4-6-15(7-5-14)25-17-12-19-9-10-20-17/h3,8-12,14-15H,2,4-7H2,1H3,(H,22,23). The number of nitrogens with one attached hydrogen (secondary N) is 1. The van der Waals surface area contributed by atoms with E-state index in [1.54, 1.807) is 36.9 Å². The molecule has 1 fully saturated rings. The van der Waals surface area contributed by atoms with Crippen molar-refractivity contribution in [1.29, 1.82) is 0 Å². The van der Waals surface area contributed by atoms with Crippen molar-refractivity contribution in [3.63, 3.8) is 0 Å². The third-order valence-electron chi connectivity index (χ3n) is 4.13. The highest BCUT2D eigenvalue weighted by Crippen LogP contribution is 2.22. The van der Waals surface area contributed by atoms with Gasteiger partial charge in [-0.05, 0) is 38.7 Å². The number of pyridine rings is 1. The van der Waals surface area contributed by atoms with Crippen LogP contribution in [0.5, 0.6) is 11.8 Å². The monoisotopic (exact) mass is 342 g/mol. The lowest BCUT2D eigenvalue weighted by Gasteiger charge is -2.29. The van der Waals surface area contributed by atoms with Crippen LogP contribution in [-0.2, 0) is 0 Å². The van der Waals surface area contributed by atoms with Gasteiger partial charge in [-0.1, -0.05) is 0 Å². The van der Waals surface area contributed by atoms with E-state index >= 15 is 0 Å². The number of carbonyl (C=O) groups is 1. The number of carbonyl (C=O) groups excluding carboxylic acids is 1. The second-order valence-electron chi connectivity index (χ2n) is 5.93. The first-order valence-corrected chi connectivity index (χ1v) is 8.57. The van der Waals surface area contributed by atoms with Crippen LogP contribution in [0, 0.1) is 0 Å². The Hall–Kier alpha value is -2.70. The van der Waals surface area contributed by atoms with E-state index in [9.17, 15) is 4.79 Å². The maximum Gasteiger partial charge on any atom is 0.253 e. The Morgan fingerprint density at radius 2 is 1.96 bits per heavy atom. The van der Waals surface area contributed by atoms with Gasteiger partial charge in [0.1, 0.15) is 6.10 Å². The Balaban J connectivity index is 1.46. The fraction of sp³-hybridized carbons (Fsp3) is 0.444. The summed E-state index contributed by atoms with van der Waals surface area (Å²) in [5.74, 6) is 0.977. The predicted molar refractivity (Wildman–Crippen MR) is 91.6 cm³/mol. The van der Waals surface area contributed by atoms with Crippen molar-refractivity contribution in [1.82, 2.24) is 20.3 Å². The molecule has 7 heteroatoms. The molecule has 2 aromatic rings. The molecule has 1 N–H and O–H groups in total. The molecule has 3 rings (SSSR count). The van der Waals surface area contributed by atoms with Gasteiger partial charge in [0.05, 0.1) is 18.4 Å². The molecular formula is C18H22N4O3. The van der Waals surface area contributed by atoms with E-state index in [4.69, 9.17) is 9.47 Å². The lowest BCUT2D eigenvalue weighted by Crippen LogP contribution is -2.39. The molecule has 2 aromatic heterocycles. The molecule has 0 atom stereocenters. The molecule has 0 aromatic carbocycles. The minimum atomic E-state index is -0.103. The number of nitrogens with zero attached hydrogens (tertiary/aromatic N) is 3. The van der Waals surface area contributed by atoms with E-state index in [1.807, 2.05) is 6.92 Å². The number of amides is 1. The number of rotatable bonds is 6. The second kappa shape index (κ2) is 8.41. The molecule has 1 aliphatic carbocycles. The van der Waals surface area contributed by atoms with Crippen molar-refractivity contribution in [2.75, 3.05) is 6.61 Å². The topological polar surface area (TPSA) is 86.2 Å². The lowest BCUT2D eigenvalue weighted by molar-refractivity contribution is 0.0889. The smallest absolute Gasteiger partial charge is 0.253 e. The Labute approximate surface area is 146 Å². The van der Waals surface area contributed by atoms with Gasteiger partial charge < -0.3 is 14.8 Å². The van der Waals surface area contributed by atoms with Crippen molar-refractivity contribution in [3.8, 4) is 11.8 Å². The zero-order valence-electron chi connectivity index (χ0n) is 14.2. The average Bonchev–Trinajstić information content (AvgIpc) is 2.65. The first kappa shape index (κ1) is 17.1. The molecule has 0 unspecified atom stereocenters. The molecular weight excluding hydrogens is 320 g/mol. The number of aromatic nitrogens is 3. The molecule has 2 heterocycles. The van der Waals surface area contributed by atoms with Crippen LogP contribution in [0.4, 0.5) is 0 Å². The molecule has 0 radical (unpaired) electrons. The van der Waals surface area contributed by atoms with Crippen molar-refractivity contribution >= 4 is 5.91 Å². The highest BCUT2D eigenvalue weighted by molar-refractivity contribution is 5.94. The number of ether oxygens (including phenoxy) is 2. The Morgan fingerprint density at radius 3 is 2.60 bits per heavy atom. The Kier molecular flexibility index (Phi) is 5.77. The quantitative estimate of drug-likeness (QED) is 0.867. The molecule has 1 amide bonds. The molecule has 1 aliphatic rings. The van der Waals surface area contributed by atoms with Crippen LogP contribution in [-0.4, -0.2) is 39.6 Å². The summed E-state index contributed by atoms with van der Waals surface area (Å²) in [5.41, 5.74) is 0.543. The average molecular weight is 342 g/mol. The van der Waals surface area contributed by atoms with Crippen LogP contribution in [0.15, 0.2) is 36.9 Å². The molecule has 0 bridgehead atoms. The van der Waals surface area contributed by atoms with E-state index in [0.717, 1.165) is 25.7 Å². The number of hydrogen-bond acceptors (Lipinski definition) is 6. The Bertz CT molecular complexity index is 670. The first-order chi connectivity index (χ1) is 12.2. The maximum absolute atomic E-state index is 12.3. The van der Waals surface area contributed by atoms with Crippen LogP contribution in [0.25, 0.3) is 0 Å². The molecule has 0 saturated heterocycles. The minimum absolute atomic E-state index is 0.103. The molecule has 0 aliphatic heterocycles. The van der Waals surface area contributed by atoms with Crippen molar-refractivity contribution in [3.05, 3.63) is 42.5 Å².